The van der Waals surface area contributed by atoms with E-state index in [1.807, 2.05) is 78.9 Å². The molecule has 0 heterocycles. The highest BCUT2D eigenvalue weighted by Crippen LogP contribution is 2.47. The highest BCUT2D eigenvalue weighted by molar-refractivity contribution is 5.98. The smallest absolute Gasteiger partial charge is 0.326 e. The standard InChI is InChI=1S/C42H44O5/c1-41(2,3)34-26-31(27-35(38(34)43)42(4,5)6)36(30-24-22-29(23-25-30)28-16-10-7-11-17-28)37(39(44)46-32-18-12-8-13-19-32)40(45)47-33-20-14-9-15-21-33/h7-27,31,36-38,43H,1-6H3/t31?,36-,38?/m1/s1. The molecule has 5 heteroatoms. The van der Waals surface area contributed by atoms with Crippen molar-refractivity contribution in [2.24, 2.45) is 22.7 Å². The van der Waals surface area contributed by atoms with Crippen LogP contribution >= 0.6 is 0 Å². The maximum atomic E-state index is 14.3. The molecule has 1 N–H and O–H groups in total. The largest absolute Gasteiger partial charge is 0.426 e. The minimum Gasteiger partial charge on any atom is -0.426 e. The van der Waals surface area contributed by atoms with Crippen LogP contribution in [0.2, 0.25) is 0 Å². The number of esters is 2. The molecule has 0 aromatic heterocycles. The lowest BCUT2D eigenvalue weighted by molar-refractivity contribution is -0.152. The molecule has 4 aromatic rings. The second-order valence-corrected chi connectivity index (χ2v) is 14.2. The number of carbonyl (C=O) groups excluding carboxylic acids is 2. The second kappa shape index (κ2) is 13.9. The molecule has 1 aliphatic rings. The number of ether oxygens (including phenoxy) is 2. The van der Waals surface area contributed by atoms with E-state index in [1.165, 1.54) is 0 Å². The predicted octanol–water partition coefficient (Wildman–Crippen LogP) is 9.20. The minimum absolute atomic E-state index is 0.337. The van der Waals surface area contributed by atoms with Gasteiger partial charge in [-0.15, -0.1) is 0 Å². The van der Waals surface area contributed by atoms with Crippen molar-refractivity contribution in [2.45, 2.75) is 53.6 Å². The lowest BCUT2D eigenvalue weighted by Gasteiger charge is -2.41. The number of para-hydroxylation sites is 2. The van der Waals surface area contributed by atoms with Crippen LogP contribution in [0, 0.1) is 22.7 Å². The number of aliphatic hydroxyl groups is 1. The molecule has 47 heavy (non-hydrogen) atoms. The molecule has 0 bridgehead atoms. The Balaban J connectivity index is 1.70. The minimum atomic E-state index is -1.34. The molecule has 0 fully saturated rings. The van der Waals surface area contributed by atoms with Crippen molar-refractivity contribution in [3.63, 3.8) is 0 Å². The van der Waals surface area contributed by atoms with Gasteiger partial charge in [-0.25, -0.2) is 0 Å². The molecule has 1 aliphatic carbocycles. The van der Waals surface area contributed by atoms with Gasteiger partial charge in [-0.05, 0) is 62.9 Å². The summed E-state index contributed by atoms with van der Waals surface area (Å²) in [5.74, 6) is -3.24. The van der Waals surface area contributed by atoms with Crippen molar-refractivity contribution in [1.82, 2.24) is 0 Å². The van der Waals surface area contributed by atoms with Gasteiger partial charge in [-0.2, -0.15) is 0 Å². The van der Waals surface area contributed by atoms with E-state index in [-0.39, 0.29) is 10.8 Å². The first kappa shape index (κ1) is 33.6. The summed E-state index contributed by atoms with van der Waals surface area (Å²) < 4.78 is 11.8. The van der Waals surface area contributed by atoms with Crippen molar-refractivity contribution in [3.05, 3.63) is 144 Å². The molecule has 0 aliphatic heterocycles. The number of carbonyl (C=O) groups is 2. The monoisotopic (exact) mass is 628 g/mol. The van der Waals surface area contributed by atoms with Crippen LogP contribution < -0.4 is 9.47 Å². The predicted molar refractivity (Wildman–Crippen MR) is 187 cm³/mol. The molecule has 0 spiro atoms. The summed E-state index contributed by atoms with van der Waals surface area (Å²) in [5, 5.41) is 11.7. The number of hydrogen-bond donors (Lipinski definition) is 1. The number of hydrogen-bond acceptors (Lipinski definition) is 5. The van der Waals surface area contributed by atoms with Gasteiger partial charge in [-0.3, -0.25) is 9.59 Å². The van der Waals surface area contributed by atoms with E-state index in [9.17, 15) is 14.7 Å². The third kappa shape index (κ3) is 7.98. The maximum Gasteiger partial charge on any atom is 0.326 e. The Bertz CT molecular complexity index is 1640. The number of aliphatic hydroxyl groups excluding tert-OH is 1. The first-order valence-electron chi connectivity index (χ1n) is 16.1. The summed E-state index contributed by atoms with van der Waals surface area (Å²) in [4.78, 5) is 28.6. The van der Waals surface area contributed by atoms with Gasteiger partial charge in [0.15, 0.2) is 5.92 Å². The molecule has 0 unspecified atom stereocenters. The first-order valence-corrected chi connectivity index (χ1v) is 16.1. The molecule has 5 nitrogen and oxygen atoms in total. The third-order valence-electron chi connectivity index (χ3n) is 8.67. The Morgan fingerprint density at radius 2 is 0.957 bits per heavy atom. The molecule has 0 radical (unpaired) electrons. The quantitative estimate of drug-likeness (QED) is 0.0912. The van der Waals surface area contributed by atoms with Gasteiger partial charge in [0.05, 0.1) is 6.10 Å². The zero-order valence-electron chi connectivity index (χ0n) is 28.0. The molecule has 242 valence electrons. The Kier molecular flexibility index (Phi) is 9.97. The van der Waals surface area contributed by atoms with Crippen LogP contribution in [0.25, 0.3) is 11.1 Å². The van der Waals surface area contributed by atoms with Gasteiger partial charge in [0.25, 0.3) is 0 Å². The number of rotatable bonds is 8. The summed E-state index contributed by atoms with van der Waals surface area (Å²) >= 11 is 0. The van der Waals surface area contributed by atoms with Crippen LogP contribution in [0.5, 0.6) is 11.5 Å². The summed E-state index contributed by atoms with van der Waals surface area (Å²) in [6, 6.07) is 35.6. The van der Waals surface area contributed by atoms with E-state index < -0.39 is 35.8 Å². The first-order chi connectivity index (χ1) is 22.3. The molecule has 0 amide bonds. The van der Waals surface area contributed by atoms with Crippen molar-refractivity contribution >= 4 is 11.9 Å². The van der Waals surface area contributed by atoms with Crippen molar-refractivity contribution in [2.75, 3.05) is 0 Å². The normalized spacial score (nSPS) is 17.4. The Hall–Kier alpha value is -4.74. The maximum absolute atomic E-state index is 14.3. The van der Waals surface area contributed by atoms with Gasteiger partial charge < -0.3 is 14.6 Å². The lowest BCUT2D eigenvalue weighted by Crippen LogP contribution is -2.41. The average molecular weight is 629 g/mol. The van der Waals surface area contributed by atoms with Crippen LogP contribution in [0.3, 0.4) is 0 Å². The number of benzene rings is 4. The molecule has 0 saturated heterocycles. The van der Waals surface area contributed by atoms with E-state index >= 15 is 0 Å². The highest BCUT2D eigenvalue weighted by Gasteiger charge is 2.45. The van der Waals surface area contributed by atoms with Gasteiger partial charge >= 0.3 is 11.9 Å². The van der Waals surface area contributed by atoms with Crippen molar-refractivity contribution in [1.29, 1.82) is 0 Å². The summed E-state index contributed by atoms with van der Waals surface area (Å²) in [7, 11) is 0. The average Bonchev–Trinajstić information content (AvgIpc) is 3.04. The Labute approximate surface area is 278 Å². The van der Waals surface area contributed by atoms with Gasteiger partial charge in [0, 0.05) is 11.8 Å². The van der Waals surface area contributed by atoms with Crippen molar-refractivity contribution in [3.8, 4) is 22.6 Å². The van der Waals surface area contributed by atoms with Crippen LogP contribution in [0.1, 0.15) is 53.0 Å². The van der Waals surface area contributed by atoms with E-state index in [2.05, 4.69) is 41.5 Å². The SMILES string of the molecule is CC(C)(C)C1=CC([C@@H](c2ccc(-c3ccccc3)cc2)C(C(=O)Oc2ccccc2)C(=O)Oc2ccccc2)C=C(C(C)(C)C)C1O. The van der Waals surface area contributed by atoms with E-state index in [0.29, 0.717) is 11.5 Å². The fourth-order valence-electron chi connectivity index (χ4n) is 6.23. The summed E-state index contributed by atoms with van der Waals surface area (Å²) in [5.41, 5.74) is 3.77. The number of allylic oxidation sites excluding steroid dienone is 2. The Morgan fingerprint density at radius 3 is 1.36 bits per heavy atom. The zero-order valence-corrected chi connectivity index (χ0v) is 28.0. The van der Waals surface area contributed by atoms with E-state index in [1.54, 1.807) is 48.5 Å². The lowest BCUT2D eigenvalue weighted by atomic mass is 9.65. The van der Waals surface area contributed by atoms with Gasteiger partial charge in [0.2, 0.25) is 0 Å². The van der Waals surface area contributed by atoms with E-state index in [4.69, 9.17) is 9.47 Å². The van der Waals surface area contributed by atoms with Crippen LogP contribution in [0.4, 0.5) is 0 Å². The summed E-state index contributed by atoms with van der Waals surface area (Å²) in [6.45, 7) is 12.4. The molecule has 4 aromatic carbocycles. The zero-order chi connectivity index (χ0) is 33.8. The fraction of sp³-hybridized carbons (Fsp3) is 0.286. The topological polar surface area (TPSA) is 72.8 Å². The van der Waals surface area contributed by atoms with Crippen molar-refractivity contribution < 1.29 is 24.2 Å². The molecule has 1 atom stereocenters. The fourth-order valence-corrected chi connectivity index (χ4v) is 6.23. The van der Waals surface area contributed by atoms with E-state index in [0.717, 1.165) is 27.8 Å². The van der Waals surface area contributed by atoms with Crippen LogP contribution in [-0.2, 0) is 9.59 Å². The van der Waals surface area contributed by atoms with Gasteiger partial charge in [0.1, 0.15) is 11.5 Å². The third-order valence-corrected chi connectivity index (χ3v) is 8.67. The Morgan fingerprint density at radius 1 is 0.574 bits per heavy atom. The van der Waals surface area contributed by atoms with Gasteiger partial charge in [-0.1, -0.05) is 145 Å². The molecule has 0 saturated carbocycles. The summed E-state index contributed by atoms with van der Waals surface area (Å²) in [6.07, 6.45) is 3.28. The molecular formula is C42H44O5. The molecular weight excluding hydrogens is 584 g/mol. The molecule has 5 rings (SSSR count). The second-order valence-electron chi connectivity index (χ2n) is 14.2. The highest BCUT2D eigenvalue weighted by atomic mass is 16.6. The van der Waals surface area contributed by atoms with Crippen LogP contribution in [0.15, 0.2) is 139 Å². The van der Waals surface area contributed by atoms with Crippen LogP contribution in [-0.4, -0.2) is 23.1 Å².